The highest BCUT2D eigenvalue weighted by molar-refractivity contribution is 7.98. The lowest BCUT2D eigenvalue weighted by Crippen LogP contribution is -2.34. The van der Waals surface area contributed by atoms with E-state index in [0.29, 0.717) is 0 Å². The molecule has 0 bridgehead atoms. The maximum Gasteiger partial charge on any atom is 0.219 e. The predicted molar refractivity (Wildman–Crippen MR) is 87.2 cm³/mol. The third-order valence-electron chi connectivity index (χ3n) is 3.88. The molecule has 0 unspecified atom stereocenters. The van der Waals surface area contributed by atoms with Gasteiger partial charge in [0.05, 0.1) is 0 Å². The van der Waals surface area contributed by atoms with Gasteiger partial charge in [0.25, 0.3) is 0 Å². The molecule has 0 saturated carbocycles. The van der Waals surface area contributed by atoms with E-state index in [2.05, 4.69) is 42.5 Å². The van der Waals surface area contributed by atoms with E-state index in [1.54, 1.807) is 6.92 Å². The van der Waals surface area contributed by atoms with E-state index >= 15 is 0 Å². The van der Waals surface area contributed by atoms with Crippen molar-refractivity contribution >= 4 is 17.7 Å². The van der Waals surface area contributed by atoms with Gasteiger partial charge in [-0.3, -0.25) is 4.79 Å². The van der Waals surface area contributed by atoms with Gasteiger partial charge in [0.2, 0.25) is 5.91 Å². The van der Waals surface area contributed by atoms with Crippen molar-refractivity contribution in [1.29, 1.82) is 0 Å². The smallest absolute Gasteiger partial charge is 0.219 e. The number of carbonyl (C=O) groups is 1. The predicted octanol–water partition coefficient (Wildman–Crippen LogP) is 3.88. The van der Waals surface area contributed by atoms with Crippen molar-refractivity contribution in [2.75, 3.05) is 6.54 Å². The van der Waals surface area contributed by atoms with Crippen LogP contribution >= 0.6 is 11.8 Å². The van der Waals surface area contributed by atoms with Crippen molar-refractivity contribution < 1.29 is 4.79 Å². The van der Waals surface area contributed by atoms with Crippen molar-refractivity contribution in [3.05, 3.63) is 65.2 Å². The van der Waals surface area contributed by atoms with Crippen LogP contribution in [0.1, 0.15) is 23.6 Å². The van der Waals surface area contributed by atoms with Gasteiger partial charge in [-0.05, 0) is 35.2 Å². The average Bonchev–Trinajstić information content (AvgIpc) is 2.53. The first-order valence-electron chi connectivity index (χ1n) is 7.26. The van der Waals surface area contributed by atoms with Crippen LogP contribution in [0, 0.1) is 0 Å². The monoisotopic (exact) mass is 297 g/mol. The number of carbonyl (C=O) groups excluding carboxylic acids is 1. The number of hydrogen-bond donors (Lipinski definition) is 0. The van der Waals surface area contributed by atoms with E-state index in [1.807, 2.05) is 22.7 Å². The summed E-state index contributed by atoms with van der Waals surface area (Å²) in [5, 5.41) is 0. The lowest BCUT2D eigenvalue weighted by Gasteiger charge is -2.28. The molecule has 0 radical (unpaired) electrons. The van der Waals surface area contributed by atoms with Gasteiger partial charge in [0.15, 0.2) is 0 Å². The molecule has 2 aromatic carbocycles. The Labute approximate surface area is 130 Å². The Morgan fingerprint density at radius 3 is 2.71 bits per heavy atom. The van der Waals surface area contributed by atoms with Crippen LogP contribution in [0.4, 0.5) is 0 Å². The summed E-state index contributed by atoms with van der Waals surface area (Å²) in [6.07, 6.45) is 0.971. The zero-order chi connectivity index (χ0) is 14.7. The summed E-state index contributed by atoms with van der Waals surface area (Å²) in [6, 6.07) is 17.2. The molecular weight excluding hydrogens is 278 g/mol. The van der Waals surface area contributed by atoms with Gasteiger partial charge in [-0.2, -0.15) is 0 Å². The van der Waals surface area contributed by atoms with Crippen molar-refractivity contribution in [3.8, 4) is 0 Å². The molecule has 0 fully saturated rings. The number of hydrogen-bond acceptors (Lipinski definition) is 2. The summed E-state index contributed by atoms with van der Waals surface area (Å²) < 4.78 is 0. The number of nitrogens with zero attached hydrogens (tertiary/aromatic N) is 1. The van der Waals surface area contributed by atoms with Crippen molar-refractivity contribution in [1.82, 2.24) is 4.90 Å². The van der Waals surface area contributed by atoms with Gasteiger partial charge in [-0.25, -0.2) is 0 Å². The van der Waals surface area contributed by atoms with E-state index in [0.717, 1.165) is 25.3 Å². The van der Waals surface area contributed by atoms with Crippen LogP contribution in [0.3, 0.4) is 0 Å². The minimum atomic E-state index is 0.169. The Morgan fingerprint density at radius 1 is 1.14 bits per heavy atom. The Balaban J connectivity index is 1.71. The van der Waals surface area contributed by atoms with Crippen LogP contribution in [0.25, 0.3) is 0 Å². The minimum Gasteiger partial charge on any atom is -0.338 e. The molecule has 0 aliphatic carbocycles. The summed E-state index contributed by atoms with van der Waals surface area (Å²) >= 11 is 1.85. The largest absolute Gasteiger partial charge is 0.338 e. The second kappa shape index (κ2) is 6.35. The third-order valence-corrected chi connectivity index (χ3v) is 4.95. The first-order chi connectivity index (χ1) is 10.2. The molecule has 0 N–H and O–H groups in total. The molecule has 1 amide bonds. The first-order valence-corrected chi connectivity index (χ1v) is 8.25. The highest BCUT2D eigenvalue weighted by atomic mass is 32.2. The second-order valence-electron chi connectivity index (χ2n) is 5.40. The van der Waals surface area contributed by atoms with E-state index < -0.39 is 0 Å². The summed E-state index contributed by atoms with van der Waals surface area (Å²) in [6.45, 7) is 3.25. The first kappa shape index (κ1) is 14.2. The third kappa shape index (κ3) is 3.48. The average molecular weight is 297 g/mol. The second-order valence-corrected chi connectivity index (χ2v) is 6.44. The molecule has 3 heteroatoms. The molecular formula is C18H19NOS. The SMILES string of the molecule is CC(=O)N1CCc2ccc(SCc3ccccc3)cc2C1. The molecule has 1 aliphatic heterocycles. The van der Waals surface area contributed by atoms with Gasteiger partial charge in [0, 0.05) is 30.7 Å². The van der Waals surface area contributed by atoms with Crippen LogP contribution < -0.4 is 0 Å². The maximum atomic E-state index is 11.5. The lowest BCUT2D eigenvalue weighted by molar-refractivity contribution is -0.129. The molecule has 21 heavy (non-hydrogen) atoms. The van der Waals surface area contributed by atoms with Crippen LogP contribution in [0.2, 0.25) is 0 Å². The van der Waals surface area contributed by atoms with E-state index in [1.165, 1.54) is 21.6 Å². The molecule has 0 spiro atoms. The van der Waals surface area contributed by atoms with Gasteiger partial charge < -0.3 is 4.90 Å². The number of benzene rings is 2. The standard InChI is InChI=1S/C18H19NOS/c1-14(20)19-10-9-16-7-8-18(11-17(16)12-19)21-13-15-5-3-2-4-6-15/h2-8,11H,9-10,12-13H2,1H3. The number of thioether (sulfide) groups is 1. The van der Waals surface area contributed by atoms with Crippen LogP contribution in [-0.4, -0.2) is 17.4 Å². The summed E-state index contributed by atoms with van der Waals surface area (Å²) in [5.41, 5.74) is 4.02. The fourth-order valence-corrected chi connectivity index (χ4v) is 3.55. The normalized spacial score (nSPS) is 13.9. The molecule has 0 atom stereocenters. The molecule has 108 valence electrons. The number of amides is 1. The quantitative estimate of drug-likeness (QED) is 0.801. The Kier molecular flexibility index (Phi) is 4.30. The summed E-state index contributed by atoms with van der Waals surface area (Å²) in [7, 11) is 0. The molecule has 0 saturated heterocycles. The van der Waals surface area contributed by atoms with Crippen molar-refractivity contribution in [3.63, 3.8) is 0 Å². The molecule has 2 nitrogen and oxygen atoms in total. The van der Waals surface area contributed by atoms with Crippen molar-refractivity contribution in [2.24, 2.45) is 0 Å². The molecule has 2 aromatic rings. The highest BCUT2D eigenvalue weighted by Gasteiger charge is 2.18. The summed E-state index contributed by atoms with van der Waals surface area (Å²) in [5.74, 6) is 1.15. The Morgan fingerprint density at radius 2 is 1.95 bits per heavy atom. The van der Waals surface area contributed by atoms with Gasteiger partial charge in [0.1, 0.15) is 0 Å². The van der Waals surface area contributed by atoms with Crippen LogP contribution in [-0.2, 0) is 23.5 Å². The van der Waals surface area contributed by atoms with E-state index in [4.69, 9.17) is 0 Å². The fourth-order valence-electron chi connectivity index (χ4n) is 2.63. The van der Waals surface area contributed by atoms with Gasteiger partial charge >= 0.3 is 0 Å². The minimum absolute atomic E-state index is 0.169. The highest BCUT2D eigenvalue weighted by Crippen LogP contribution is 2.28. The fraction of sp³-hybridized carbons (Fsp3) is 0.278. The number of fused-ring (bicyclic) bond motifs is 1. The zero-order valence-corrected chi connectivity index (χ0v) is 13.0. The summed E-state index contributed by atoms with van der Waals surface area (Å²) in [4.78, 5) is 14.7. The zero-order valence-electron chi connectivity index (χ0n) is 12.2. The van der Waals surface area contributed by atoms with Crippen LogP contribution in [0.15, 0.2) is 53.4 Å². The Hall–Kier alpha value is -1.74. The van der Waals surface area contributed by atoms with Gasteiger partial charge in [-0.1, -0.05) is 36.4 Å². The van der Waals surface area contributed by atoms with E-state index in [9.17, 15) is 4.79 Å². The molecule has 1 aliphatic rings. The lowest BCUT2D eigenvalue weighted by atomic mass is 10.00. The number of rotatable bonds is 3. The van der Waals surface area contributed by atoms with Crippen molar-refractivity contribution in [2.45, 2.75) is 30.5 Å². The van der Waals surface area contributed by atoms with E-state index in [-0.39, 0.29) is 5.91 Å². The maximum absolute atomic E-state index is 11.5. The molecule has 3 rings (SSSR count). The Bertz CT molecular complexity index is 639. The molecule has 0 aromatic heterocycles. The molecule has 1 heterocycles. The van der Waals surface area contributed by atoms with Gasteiger partial charge in [-0.15, -0.1) is 11.8 Å². The topological polar surface area (TPSA) is 20.3 Å². The van der Waals surface area contributed by atoms with Crippen LogP contribution in [0.5, 0.6) is 0 Å².